The number of halogens is 1. The van der Waals surface area contributed by atoms with E-state index in [1.807, 2.05) is 20.8 Å². The quantitative estimate of drug-likeness (QED) is 0.921. The van der Waals surface area contributed by atoms with Gasteiger partial charge in [-0.05, 0) is 23.1 Å². The van der Waals surface area contributed by atoms with Crippen molar-refractivity contribution in [3.05, 3.63) is 29.6 Å². The molecule has 0 aromatic heterocycles. The summed E-state index contributed by atoms with van der Waals surface area (Å²) in [4.78, 5) is -0.317. The lowest BCUT2D eigenvalue weighted by Crippen LogP contribution is -2.35. The standard InChI is InChI=1S/C13H21FN2O2S/c1-13(2,3)9-16(4)19(17,18)12-7-10(8-15)5-6-11(12)14/h5-7H,8-9,15H2,1-4H3. The fourth-order valence-electron chi connectivity index (χ4n) is 1.79. The molecule has 0 aliphatic carbocycles. The van der Waals surface area contributed by atoms with Crippen molar-refractivity contribution in [2.75, 3.05) is 13.6 Å². The molecule has 0 bridgehead atoms. The van der Waals surface area contributed by atoms with Crippen molar-refractivity contribution in [1.29, 1.82) is 0 Å². The van der Waals surface area contributed by atoms with Crippen molar-refractivity contribution < 1.29 is 12.8 Å². The summed E-state index contributed by atoms with van der Waals surface area (Å²) in [5, 5.41) is 0. The molecule has 2 N–H and O–H groups in total. The Hall–Kier alpha value is -0.980. The van der Waals surface area contributed by atoms with Crippen molar-refractivity contribution in [3.63, 3.8) is 0 Å². The zero-order chi connectivity index (χ0) is 14.8. The Morgan fingerprint density at radius 1 is 1.32 bits per heavy atom. The minimum atomic E-state index is -3.83. The minimum absolute atomic E-state index is 0.172. The first-order valence-electron chi connectivity index (χ1n) is 6.03. The lowest BCUT2D eigenvalue weighted by molar-refractivity contribution is 0.310. The second-order valence-corrected chi connectivity index (χ2v) is 7.80. The van der Waals surface area contributed by atoms with Gasteiger partial charge in [-0.15, -0.1) is 0 Å². The van der Waals surface area contributed by atoms with Crippen LogP contribution in [0, 0.1) is 11.2 Å². The molecule has 0 spiro atoms. The topological polar surface area (TPSA) is 63.4 Å². The van der Waals surface area contributed by atoms with Crippen molar-refractivity contribution in [2.45, 2.75) is 32.2 Å². The molecule has 0 aliphatic rings. The summed E-state index contributed by atoms with van der Waals surface area (Å²) in [5.74, 6) is -0.752. The largest absolute Gasteiger partial charge is 0.326 e. The molecule has 108 valence electrons. The van der Waals surface area contributed by atoms with Gasteiger partial charge in [-0.25, -0.2) is 17.1 Å². The predicted octanol–water partition coefficient (Wildman–Crippen LogP) is 1.95. The second kappa shape index (κ2) is 5.56. The van der Waals surface area contributed by atoms with Crippen LogP contribution in [-0.4, -0.2) is 26.3 Å². The van der Waals surface area contributed by atoms with Gasteiger partial charge in [0.05, 0.1) is 0 Å². The van der Waals surface area contributed by atoms with Gasteiger partial charge in [0.1, 0.15) is 10.7 Å². The van der Waals surface area contributed by atoms with E-state index in [1.165, 1.54) is 23.5 Å². The molecule has 0 atom stereocenters. The average molecular weight is 288 g/mol. The van der Waals surface area contributed by atoms with Gasteiger partial charge in [0.2, 0.25) is 10.0 Å². The molecule has 4 nitrogen and oxygen atoms in total. The van der Waals surface area contributed by atoms with Gasteiger partial charge in [0.15, 0.2) is 0 Å². The van der Waals surface area contributed by atoms with Gasteiger partial charge in [-0.2, -0.15) is 0 Å². The van der Waals surface area contributed by atoms with E-state index in [9.17, 15) is 12.8 Å². The van der Waals surface area contributed by atoms with Crippen molar-refractivity contribution >= 4 is 10.0 Å². The number of nitrogens with two attached hydrogens (primary N) is 1. The fraction of sp³-hybridized carbons (Fsp3) is 0.538. The molecular formula is C13H21FN2O2S. The molecule has 0 radical (unpaired) electrons. The summed E-state index contributed by atoms with van der Waals surface area (Å²) >= 11 is 0. The summed E-state index contributed by atoms with van der Waals surface area (Å²) in [7, 11) is -2.38. The first kappa shape index (κ1) is 16.1. The van der Waals surface area contributed by atoms with Crippen molar-refractivity contribution in [2.24, 2.45) is 11.1 Å². The van der Waals surface area contributed by atoms with E-state index in [4.69, 9.17) is 5.73 Å². The van der Waals surface area contributed by atoms with E-state index < -0.39 is 15.8 Å². The van der Waals surface area contributed by atoms with Gasteiger partial charge in [-0.1, -0.05) is 26.8 Å². The van der Waals surface area contributed by atoms with Gasteiger partial charge in [0, 0.05) is 20.1 Å². The van der Waals surface area contributed by atoms with E-state index in [-0.39, 0.29) is 16.9 Å². The average Bonchev–Trinajstić information content (AvgIpc) is 2.27. The Kier molecular flexibility index (Phi) is 4.71. The first-order valence-corrected chi connectivity index (χ1v) is 7.47. The summed E-state index contributed by atoms with van der Waals surface area (Å²) in [6.45, 7) is 6.25. The van der Waals surface area contributed by atoms with E-state index in [2.05, 4.69) is 0 Å². The first-order chi connectivity index (χ1) is 8.58. The van der Waals surface area contributed by atoms with Crippen LogP contribution in [0.1, 0.15) is 26.3 Å². The lowest BCUT2D eigenvalue weighted by Gasteiger charge is -2.26. The summed E-state index contributed by atoms with van der Waals surface area (Å²) in [6.07, 6.45) is 0. The highest BCUT2D eigenvalue weighted by Crippen LogP contribution is 2.23. The molecule has 1 aromatic rings. The Balaban J connectivity index is 3.20. The number of hydrogen-bond acceptors (Lipinski definition) is 3. The number of benzene rings is 1. The zero-order valence-corrected chi connectivity index (χ0v) is 12.6. The van der Waals surface area contributed by atoms with Crippen LogP contribution in [0.4, 0.5) is 4.39 Å². The molecule has 19 heavy (non-hydrogen) atoms. The SMILES string of the molecule is CN(CC(C)(C)C)S(=O)(=O)c1cc(CN)ccc1F. The summed E-state index contributed by atoms with van der Waals surface area (Å²) < 4.78 is 39.6. The number of sulfonamides is 1. The molecule has 6 heteroatoms. The van der Waals surface area contributed by atoms with Crippen LogP contribution in [0.15, 0.2) is 23.1 Å². The second-order valence-electron chi connectivity index (χ2n) is 5.79. The predicted molar refractivity (Wildman–Crippen MR) is 73.6 cm³/mol. The molecule has 0 saturated heterocycles. The van der Waals surface area contributed by atoms with Gasteiger partial charge >= 0.3 is 0 Å². The van der Waals surface area contributed by atoms with Gasteiger partial charge in [0.25, 0.3) is 0 Å². The number of hydrogen-bond donors (Lipinski definition) is 1. The van der Waals surface area contributed by atoms with E-state index in [1.54, 1.807) is 0 Å². The third-order valence-electron chi connectivity index (χ3n) is 2.62. The van der Waals surface area contributed by atoms with Gasteiger partial charge < -0.3 is 5.73 Å². The third-order valence-corrected chi connectivity index (χ3v) is 4.43. The number of nitrogens with zero attached hydrogens (tertiary/aromatic N) is 1. The van der Waals surface area contributed by atoms with Crippen LogP contribution in [0.3, 0.4) is 0 Å². The molecule has 1 aromatic carbocycles. The Bertz CT molecular complexity index is 550. The van der Waals surface area contributed by atoms with E-state index >= 15 is 0 Å². The van der Waals surface area contributed by atoms with E-state index in [0.29, 0.717) is 12.1 Å². The molecule has 0 aliphatic heterocycles. The maximum Gasteiger partial charge on any atom is 0.245 e. The van der Waals surface area contributed by atoms with Crippen LogP contribution in [0.25, 0.3) is 0 Å². The van der Waals surface area contributed by atoms with E-state index in [0.717, 1.165) is 6.07 Å². The normalized spacial score (nSPS) is 13.0. The van der Waals surface area contributed by atoms with Gasteiger partial charge in [-0.3, -0.25) is 0 Å². The maximum atomic E-state index is 13.7. The van der Waals surface area contributed by atoms with Crippen molar-refractivity contribution in [1.82, 2.24) is 4.31 Å². The van der Waals surface area contributed by atoms with Crippen LogP contribution in [0.2, 0.25) is 0 Å². The minimum Gasteiger partial charge on any atom is -0.326 e. The molecule has 0 fully saturated rings. The maximum absolute atomic E-state index is 13.7. The molecule has 0 unspecified atom stereocenters. The highest BCUT2D eigenvalue weighted by molar-refractivity contribution is 7.89. The highest BCUT2D eigenvalue weighted by atomic mass is 32.2. The number of rotatable bonds is 4. The summed E-state index contributed by atoms with van der Waals surface area (Å²) in [5.41, 5.74) is 5.84. The molecule has 0 saturated carbocycles. The Morgan fingerprint density at radius 2 is 1.89 bits per heavy atom. The van der Waals surface area contributed by atoms with Crippen LogP contribution >= 0.6 is 0 Å². The highest BCUT2D eigenvalue weighted by Gasteiger charge is 2.27. The molecule has 0 amide bonds. The lowest BCUT2D eigenvalue weighted by atomic mass is 9.97. The molecule has 1 rings (SSSR count). The van der Waals surface area contributed by atoms with Crippen LogP contribution in [-0.2, 0) is 16.6 Å². The smallest absolute Gasteiger partial charge is 0.245 e. The monoisotopic (exact) mass is 288 g/mol. The Morgan fingerprint density at radius 3 is 2.37 bits per heavy atom. The van der Waals surface area contributed by atoms with Crippen LogP contribution in [0.5, 0.6) is 0 Å². The van der Waals surface area contributed by atoms with Crippen molar-refractivity contribution in [3.8, 4) is 0 Å². The fourth-order valence-corrected chi connectivity index (χ4v) is 3.30. The molecular weight excluding hydrogens is 267 g/mol. The third kappa shape index (κ3) is 3.99. The zero-order valence-electron chi connectivity index (χ0n) is 11.8. The van der Waals surface area contributed by atoms with Crippen LogP contribution < -0.4 is 5.73 Å². The molecule has 0 heterocycles. The summed E-state index contributed by atoms with van der Waals surface area (Å²) in [6, 6.07) is 3.92. The Labute approximate surface area is 114 Å².